The Bertz CT molecular complexity index is 944. The smallest absolute Gasteiger partial charge is 0.244 e. The molecule has 1 heterocycles. The van der Waals surface area contributed by atoms with E-state index in [1.807, 2.05) is 55.5 Å². The third kappa shape index (κ3) is 3.95. The van der Waals surface area contributed by atoms with E-state index in [9.17, 15) is 4.79 Å². The number of hydrogen-bond acceptors (Lipinski definition) is 4. The van der Waals surface area contributed by atoms with E-state index in [1.54, 1.807) is 11.7 Å². The lowest BCUT2D eigenvalue weighted by atomic mass is 10.2. The maximum Gasteiger partial charge on any atom is 0.244 e. The zero-order valence-electron chi connectivity index (χ0n) is 13.9. The summed E-state index contributed by atoms with van der Waals surface area (Å²) in [5.74, 6) is 1.19. The molecule has 0 aliphatic carbocycles. The van der Waals surface area contributed by atoms with Crippen molar-refractivity contribution in [1.29, 1.82) is 0 Å². The molecule has 0 unspecified atom stereocenters. The SMILES string of the molecule is COc1ccc(-c2n[nH]c(=S)n2CC(=O)Nc2cccc(C)c2)cc1. The van der Waals surface area contributed by atoms with E-state index in [0.29, 0.717) is 10.6 Å². The van der Waals surface area contributed by atoms with Crippen LogP contribution in [0.25, 0.3) is 11.4 Å². The van der Waals surface area contributed by atoms with E-state index in [2.05, 4.69) is 15.5 Å². The van der Waals surface area contributed by atoms with Crippen molar-refractivity contribution < 1.29 is 9.53 Å². The molecule has 0 aliphatic rings. The van der Waals surface area contributed by atoms with Gasteiger partial charge in [0.1, 0.15) is 12.3 Å². The Morgan fingerprint density at radius 3 is 2.72 bits per heavy atom. The molecule has 25 heavy (non-hydrogen) atoms. The normalized spacial score (nSPS) is 10.5. The van der Waals surface area contributed by atoms with Gasteiger partial charge in [-0.15, -0.1) is 0 Å². The third-order valence-electron chi connectivity index (χ3n) is 3.71. The minimum Gasteiger partial charge on any atom is -0.497 e. The summed E-state index contributed by atoms with van der Waals surface area (Å²) in [6.07, 6.45) is 0. The number of H-pyrrole nitrogens is 1. The Labute approximate surface area is 150 Å². The molecule has 0 saturated carbocycles. The fourth-order valence-electron chi connectivity index (χ4n) is 2.49. The third-order valence-corrected chi connectivity index (χ3v) is 4.02. The molecule has 0 atom stereocenters. The predicted octanol–water partition coefficient (Wildman–Crippen LogP) is 3.56. The molecule has 0 radical (unpaired) electrons. The lowest BCUT2D eigenvalue weighted by Crippen LogP contribution is -2.19. The highest BCUT2D eigenvalue weighted by Gasteiger charge is 2.13. The monoisotopic (exact) mass is 354 g/mol. The van der Waals surface area contributed by atoms with Gasteiger partial charge in [0.2, 0.25) is 5.91 Å². The zero-order chi connectivity index (χ0) is 17.8. The van der Waals surface area contributed by atoms with Gasteiger partial charge in [0.25, 0.3) is 0 Å². The quantitative estimate of drug-likeness (QED) is 0.687. The molecule has 7 heteroatoms. The van der Waals surface area contributed by atoms with Gasteiger partial charge in [-0.05, 0) is 61.1 Å². The fourth-order valence-corrected chi connectivity index (χ4v) is 2.69. The van der Waals surface area contributed by atoms with Gasteiger partial charge >= 0.3 is 0 Å². The van der Waals surface area contributed by atoms with Crippen molar-refractivity contribution >= 4 is 23.8 Å². The molecule has 0 bridgehead atoms. The number of carbonyl (C=O) groups excluding carboxylic acids is 1. The Kier molecular flexibility index (Phi) is 4.95. The fraction of sp³-hybridized carbons (Fsp3) is 0.167. The lowest BCUT2D eigenvalue weighted by molar-refractivity contribution is -0.116. The number of hydrogen-bond donors (Lipinski definition) is 2. The number of benzene rings is 2. The number of aromatic nitrogens is 3. The maximum atomic E-state index is 12.4. The molecule has 6 nitrogen and oxygen atoms in total. The molecule has 2 N–H and O–H groups in total. The summed E-state index contributed by atoms with van der Waals surface area (Å²) in [5, 5.41) is 9.87. The molecule has 1 amide bonds. The number of nitrogens with one attached hydrogen (secondary N) is 2. The van der Waals surface area contributed by atoms with Crippen molar-refractivity contribution in [2.45, 2.75) is 13.5 Å². The Hall–Kier alpha value is -2.93. The van der Waals surface area contributed by atoms with Gasteiger partial charge in [-0.3, -0.25) is 14.5 Å². The van der Waals surface area contributed by atoms with Crippen LogP contribution in [-0.4, -0.2) is 27.8 Å². The van der Waals surface area contributed by atoms with Gasteiger partial charge in [0.15, 0.2) is 10.6 Å². The predicted molar refractivity (Wildman–Crippen MR) is 99.2 cm³/mol. The largest absolute Gasteiger partial charge is 0.497 e. The number of aromatic amines is 1. The second-order valence-corrected chi connectivity index (χ2v) is 5.97. The molecule has 0 spiro atoms. The molecule has 0 fully saturated rings. The van der Waals surface area contributed by atoms with E-state index in [4.69, 9.17) is 17.0 Å². The standard InChI is InChI=1S/C18H18N4O2S/c1-12-4-3-5-14(10-12)19-16(23)11-22-17(20-21-18(22)25)13-6-8-15(24-2)9-7-13/h3-10H,11H2,1-2H3,(H,19,23)(H,21,25). The van der Waals surface area contributed by atoms with Crippen LogP contribution in [0.15, 0.2) is 48.5 Å². The minimum absolute atomic E-state index is 0.0740. The van der Waals surface area contributed by atoms with Gasteiger partial charge in [-0.25, -0.2) is 0 Å². The van der Waals surface area contributed by atoms with Gasteiger partial charge in [0, 0.05) is 11.3 Å². The van der Waals surface area contributed by atoms with E-state index in [1.165, 1.54) is 0 Å². The van der Waals surface area contributed by atoms with Crippen LogP contribution >= 0.6 is 12.2 Å². The zero-order valence-corrected chi connectivity index (χ0v) is 14.8. The van der Waals surface area contributed by atoms with Gasteiger partial charge in [-0.2, -0.15) is 5.10 Å². The number of amides is 1. The summed E-state index contributed by atoms with van der Waals surface area (Å²) in [6, 6.07) is 15.1. The summed E-state index contributed by atoms with van der Waals surface area (Å²) < 4.78 is 7.22. The van der Waals surface area contributed by atoms with E-state index in [-0.39, 0.29) is 12.5 Å². The van der Waals surface area contributed by atoms with E-state index in [0.717, 1.165) is 22.6 Å². The average Bonchev–Trinajstić information content (AvgIpc) is 2.95. The number of methoxy groups -OCH3 is 1. The number of aryl methyl sites for hydroxylation is 1. The second kappa shape index (κ2) is 7.31. The van der Waals surface area contributed by atoms with Crippen molar-refractivity contribution in [2.75, 3.05) is 12.4 Å². The average molecular weight is 354 g/mol. The Morgan fingerprint density at radius 2 is 2.04 bits per heavy atom. The molecular formula is C18H18N4O2S. The van der Waals surface area contributed by atoms with Crippen molar-refractivity contribution in [2.24, 2.45) is 0 Å². The number of nitrogens with zero attached hydrogens (tertiary/aromatic N) is 2. The van der Waals surface area contributed by atoms with Crippen molar-refractivity contribution in [3.05, 3.63) is 58.9 Å². The van der Waals surface area contributed by atoms with Crippen LogP contribution in [0.2, 0.25) is 0 Å². The first kappa shape index (κ1) is 16.9. The van der Waals surface area contributed by atoms with Crippen LogP contribution in [0.3, 0.4) is 0 Å². The van der Waals surface area contributed by atoms with Crippen molar-refractivity contribution in [3.63, 3.8) is 0 Å². The van der Waals surface area contributed by atoms with E-state index < -0.39 is 0 Å². The summed E-state index contributed by atoms with van der Waals surface area (Å²) >= 11 is 5.27. The van der Waals surface area contributed by atoms with E-state index >= 15 is 0 Å². The number of ether oxygens (including phenoxy) is 1. The molecule has 3 aromatic rings. The Balaban J connectivity index is 1.81. The van der Waals surface area contributed by atoms with Crippen molar-refractivity contribution in [1.82, 2.24) is 14.8 Å². The van der Waals surface area contributed by atoms with Crippen LogP contribution in [0, 0.1) is 11.7 Å². The molecular weight excluding hydrogens is 336 g/mol. The minimum atomic E-state index is -0.169. The molecule has 1 aromatic heterocycles. The first-order valence-electron chi connectivity index (χ1n) is 7.73. The van der Waals surface area contributed by atoms with Crippen LogP contribution < -0.4 is 10.1 Å². The van der Waals surface area contributed by atoms with Crippen molar-refractivity contribution in [3.8, 4) is 17.1 Å². The highest BCUT2D eigenvalue weighted by atomic mass is 32.1. The van der Waals surface area contributed by atoms with Gasteiger partial charge in [0.05, 0.1) is 7.11 Å². The highest BCUT2D eigenvalue weighted by Crippen LogP contribution is 2.21. The number of carbonyl (C=O) groups is 1. The molecule has 3 rings (SSSR count). The lowest BCUT2D eigenvalue weighted by Gasteiger charge is -2.09. The molecule has 2 aromatic carbocycles. The van der Waals surface area contributed by atoms with Crippen LogP contribution in [0.1, 0.15) is 5.56 Å². The molecule has 0 aliphatic heterocycles. The number of rotatable bonds is 5. The maximum absolute atomic E-state index is 12.4. The van der Waals surface area contributed by atoms with Gasteiger partial charge < -0.3 is 10.1 Å². The second-order valence-electron chi connectivity index (χ2n) is 5.58. The summed E-state index contributed by atoms with van der Waals surface area (Å²) in [7, 11) is 1.61. The van der Waals surface area contributed by atoms with Crippen LogP contribution in [0.5, 0.6) is 5.75 Å². The first-order valence-corrected chi connectivity index (χ1v) is 8.14. The van der Waals surface area contributed by atoms with Crippen LogP contribution in [0.4, 0.5) is 5.69 Å². The molecule has 0 saturated heterocycles. The number of anilines is 1. The summed E-state index contributed by atoms with van der Waals surface area (Å²) in [6.45, 7) is 2.05. The Morgan fingerprint density at radius 1 is 1.28 bits per heavy atom. The first-order chi connectivity index (χ1) is 12.1. The summed E-state index contributed by atoms with van der Waals surface area (Å²) in [4.78, 5) is 12.4. The van der Waals surface area contributed by atoms with Crippen LogP contribution in [-0.2, 0) is 11.3 Å². The van der Waals surface area contributed by atoms with Gasteiger partial charge in [-0.1, -0.05) is 12.1 Å². The highest BCUT2D eigenvalue weighted by molar-refractivity contribution is 7.71. The summed E-state index contributed by atoms with van der Waals surface area (Å²) in [5.41, 5.74) is 2.68. The molecule has 128 valence electrons. The topological polar surface area (TPSA) is 71.9 Å².